The van der Waals surface area contributed by atoms with Crippen LogP contribution in [0.3, 0.4) is 0 Å². The lowest BCUT2D eigenvalue weighted by molar-refractivity contribution is -0.148. The molecule has 0 N–H and O–H groups in total. The maximum atomic E-state index is 13.0. The molecule has 0 radical (unpaired) electrons. The molecule has 2 aromatic carbocycles. The Bertz CT molecular complexity index is 878. The molecule has 4 rings (SSSR count). The summed E-state index contributed by atoms with van der Waals surface area (Å²) >= 11 is 0. The average Bonchev–Trinajstić information content (AvgIpc) is 2.79. The fourth-order valence-electron chi connectivity index (χ4n) is 3.99. The molecule has 1 saturated heterocycles. The summed E-state index contributed by atoms with van der Waals surface area (Å²) < 4.78 is 11.8. The van der Waals surface area contributed by atoms with Gasteiger partial charge in [0, 0.05) is 32.6 Å². The molecule has 0 aliphatic carbocycles. The maximum Gasteiger partial charge on any atom is 0.267 e. The maximum absolute atomic E-state index is 13.0. The number of ether oxygens (including phenoxy) is 2. The summed E-state index contributed by atoms with van der Waals surface area (Å²) in [4.78, 5) is 29.2. The van der Waals surface area contributed by atoms with Crippen molar-refractivity contribution in [2.75, 3.05) is 26.2 Å². The predicted octanol–water partition coefficient (Wildman–Crippen LogP) is 2.91. The second kappa shape index (κ2) is 9.20. The van der Waals surface area contributed by atoms with Gasteiger partial charge in [-0.15, -0.1) is 0 Å². The van der Waals surface area contributed by atoms with Crippen molar-refractivity contribution in [1.29, 1.82) is 0 Å². The molecule has 2 heterocycles. The van der Waals surface area contributed by atoms with Crippen LogP contribution in [-0.2, 0) is 16.0 Å². The van der Waals surface area contributed by atoms with Crippen LogP contribution in [0.1, 0.15) is 25.3 Å². The standard InChI is InChI=1S/C24H28N2O4/c1-18-23(30-21-12-6-5-11-20(21)29-18)24(28)26-16-14-25(15-17-26)22(27)13-7-10-19-8-3-2-4-9-19/h2-6,8-9,11-12,18,23H,7,10,13-17H2,1H3. The highest BCUT2D eigenvalue weighted by atomic mass is 16.6. The van der Waals surface area contributed by atoms with Gasteiger partial charge in [0.2, 0.25) is 12.0 Å². The van der Waals surface area contributed by atoms with Gasteiger partial charge in [-0.05, 0) is 37.5 Å². The van der Waals surface area contributed by atoms with Crippen LogP contribution in [0.5, 0.6) is 11.5 Å². The summed E-state index contributed by atoms with van der Waals surface area (Å²) in [5.74, 6) is 1.35. The normalized spacial score (nSPS) is 20.7. The second-order valence-electron chi connectivity index (χ2n) is 7.85. The number of aryl methyl sites for hydroxylation is 1. The average molecular weight is 408 g/mol. The lowest BCUT2D eigenvalue weighted by Crippen LogP contribution is -2.56. The molecule has 6 heteroatoms. The van der Waals surface area contributed by atoms with E-state index in [9.17, 15) is 9.59 Å². The molecule has 1 fully saturated rings. The Labute approximate surface area is 177 Å². The topological polar surface area (TPSA) is 59.1 Å². The molecule has 2 amide bonds. The van der Waals surface area contributed by atoms with Crippen molar-refractivity contribution >= 4 is 11.8 Å². The molecule has 2 unspecified atom stereocenters. The zero-order valence-corrected chi connectivity index (χ0v) is 17.3. The number of carbonyl (C=O) groups excluding carboxylic acids is 2. The Hall–Kier alpha value is -3.02. The third-order valence-corrected chi connectivity index (χ3v) is 5.73. The van der Waals surface area contributed by atoms with E-state index in [0.29, 0.717) is 44.1 Å². The zero-order chi connectivity index (χ0) is 20.9. The lowest BCUT2D eigenvalue weighted by Gasteiger charge is -2.38. The van der Waals surface area contributed by atoms with Gasteiger partial charge in [-0.3, -0.25) is 9.59 Å². The molecular weight excluding hydrogens is 380 g/mol. The molecule has 2 aromatic rings. The second-order valence-corrected chi connectivity index (χ2v) is 7.85. The number of fused-ring (bicyclic) bond motifs is 1. The van der Waals surface area contributed by atoms with E-state index in [4.69, 9.17) is 9.47 Å². The van der Waals surface area contributed by atoms with Gasteiger partial charge in [0.1, 0.15) is 6.10 Å². The lowest BCUT2D eigenvalue weighted by atomic mass is 10.1. The SMILES string of the molecule is CC1Oc2ccccc2OC1C(=O)N1CCN(C(=O)CCCc2ccccc2)CC1. The number of hydrogen-bond donors (Lipinski definition) is 0. The Balaban J connectivity index is 1.25. The summed E-state index contributed by atoms with van der Waals surface area (Å²) in [6.45, 7) is 4.03. The zero-order valence-electron chi connectivity index (χ0n) is 17.3. The summed E-state index contributed by atoms with van der Waals surface area (Å²) in [5, 5.41) is 0. The Morgan fingerprint density at radius 2 is 1.47 bits per heavy atom. The van der Waals surface area contributed by atoms with E-state index in [2.05, 4.69) is 12.1 Å². The fraction of sp³-hybridized carbons (Fsp3) is 0.417. The van der Waals surface area contributed by atoms with E-state index in [1.165, 1.54) is 5.56 Å². The monoisotopic (exact) mass is 408 g/mol. The molecule has 30 heavy (non-hydrogen) atoms. The first-order valence-electron chi connectivity index (χ1n) is 10.6. The third kappa shape index (κ3) is 4.58. The van der Waals surface area contributed by atoms with Gasteiger partial charge >= 0.3 is 0 Å². The van der Waals surface area contributed by atoms with Crippen molar-refractivity contribution in [3.05, 3.63) is 60.2 Å². The molecule has 6 nitrogen and oxygen atoms in total. The quantitative estimate of drug-likeness (QED) is 0.763. The summed E-state index contributed by atoms with van der Waals surface area (Å²) in [5.41, 5.74) is 1.26. The van der Waals surface area contributed by atoms with E-state index in [0.717, 1.165) is 12.8 Å². The Morgan fingerprint density at radius 1 is 0.867 bits per heavy atom. The number of amides is 2. The number of rotatable bonds is 5. The minimum atomic E-state index is -0.659. The largest absolute Gasteiger partial charge is 0.482 e. The summed E-state index contributed by atoms with van der Waals surface area (Å²) in [6.07, 6.45) is 1.27. The van der Waals surface area contributed by atoms with Gasteiger partial charge in [0.05, 0.1) is 0 Å². The number of para-hydroxylation sites is 2. The molecular formula is C24H28N2O4. The smallest absolute Gasteiger partial charge is 0.267 e. The highest BCUT2D eigenvalue weighted by Crippen LogP contribution is 2.34. The Morgan fingerprint density at radius 3 is 2.17 bits per heavy atom. The van der Waals surface area contributed by atoms with Gasteiger partial charge in [0.15, 0.2) is 11.5 Å². The first kappa shape index (κ1) is 20.3. The number of carbonyl (C=O) groups is 2. The molecule has 0 spiro atoms. The summed E-state index contributed by atoms with van der Waals surface area (Å²) in [7, 11) is 0. The fourth-order valence-corrected chi connectivity index (χ4v) is 3.99. The van der Waals surface area contributed by atoms with Crippen LogP contribution in [0.15, 0.2) is 54.6 Å². The molecule has 0 saturated carbocycles. The van der Waals surface area contributed by atoms with Gasteiger partial charge < -0.3 is 19.3 Å². The molecule has 2 atom stereocenters. The van der Waals surface area contributed by atoms with E-state index in [1.807, 2.05) is 54.3 Å². The van der Waals surface area contributed by atoms with Crippen molar-refractivity contribution in [1.82, 2.24) is 9.80 Å². The van der Waals surface area contributed by atoms with Crippen LogP contribution in [0, 0.1) is 0 Å². The minimum Gasteiger partial charge on any atom is -0.482 e. The van der Waals surface area contributed by atoms with E-state index >= 15 is 0 Å². The van der Waals surface area contributed by atoms with Crippen molar-refractivity contribution < 1.29 is 19.1 Å². The number of piperazine rings is 1. The molecule has 0 aromatic heterocycles. The highest BCUT2D eigenvalue weighted by molar-refractivity contribution is 5.83. The van der Waals surface area contributed by atoms with Crippen LogP contribution < -0.4 is 9.47 Å². The molecule has 2 aliphatic heterocycles. The molecule has 158 valence electrons. The van der Waals surface area contributed by atoms with Crippen LogP contribution in [-0.4, -0.2) is 60.0 Å². The van der Waals surface area contributed by atoms with Crippen LogP contribution in [0.4, 0.5) is 0 Å². The third-order valence-electron chi connectivity index (χ3n) is 5.73. The van der Waals surface area contributed by atoms with E-state index < -0.39 is 6.10 Å². The summed E-state index contributed by atoms with van der Waals surface area (Å²) in [6, 6.07) is 17.6. The van der Waals surface area contributed by atoms with Gasteiger partial charge in [-0.25, -0.2) is 0 Å². The van der Waals surface area contributed by atoms with Crippen molar-refractivity contribution in [3.63, 3.8) is 0 Å². The van der Waals surface area contributed by atoms with E-state index in [-0.39, 0.29) is 17.9 Å². The molecule has 0 bridgehead atoms. The highest BCUT2D eigenvalue weighted by Gasteiger charge is 2.38. The number of benzene rings is 2. The first-order chi connectivity index (χ1) is 14.6. The number of nitrogens with zero attached hydrogens (tertiary/aromatic N) is 2. The van der Waals surface area contributed by atoms with Gasteiger partial charge in [-0.1, -0.05) is 42.5 Å². The van der Waals surface area contributed by atoms with Crippen molar-refractivity contribution in [2.45, 2.75) is 38.4 Å². The first-order valence-corrected chi connectivity index (χ1v) is 10.6. The van der Waals surface area contributed by atoms with Gasteiger partial charge in [0.25, 0.3) is 5.91 Å². The van der Waals surface area contributed by atoms with E-state index in [1.54, 1.807) is 4.90 Å². The van der Waals surface area contributed by atoms with Crippen LogP contribution in [0.2, 0.25) is 0 Å². The predicted molar refractivity (Wildman–Crippen MR) is 113 cm³/mol. The number of hydrogen-bond acceptors (Lipinski definition) is 4. The van der Waals surface area contributed by atoms with Crippen LogP contribution in [0.25, 0.3) is 0 Å². The van der Waals surface area contributed by atoms with Crippen molar-refractivity contribution in [2.24, 2.45) is 0 Å². The minimum absolute atomic E-state index is 0.0758. The Kier molecular flexibility index (Phi) is 6.21. The van der Waals surface area contributed by atoms with Gasteiger partial charge in [-0.2, -0.15) is 0 Å². The van der Waals surface area contributed by atoms with Crippen molar-refractivity contribution in [3.8, 4) is 11.5 Å². The van der Waals surface area contributed by atoms with Crippen LogP contribution >= 0.6 is 0 Å². The molecule has 2 aliphatic rings.